The van der Waals surface area contributed by atoms with Crippen LogP contribution < -0.4 is 0 Å². The molecule has 1 fully saturated rings. The van der Waals surface area contributed by atoms with Crippen LogP contribution in [0.25, 0.3) is 0 Å². The highest BCUT2D eigenvalue weighted by Gasteiger charge is 2.34. The number of benzene rings is 1. The number of halogens is 2. The van der Waals surface area contributed by atoms with Crippen LogP contribution in [0.1, 0.15) is 43.7 Å². The van der Waals surface area contributed by atoms with Crippen LogP contribution in [-0.4, -0.2) is 29.0 Å². The topological polar surface area (TPSA) is 23.5 Å². The van der Waals surface area contributed by atoms with Gasteiger partial charge in [-0.15, -0.1) is 0 Å². The van der Waals surface area contributed by atoms with E-state index in [1.54, 1.807) is 6.07 Å². The Balaban J connectivity index is 2.10. The number of hydrogen-bond acceptors (Lipinski definition) is 2. The number of hydrogen-bond donors (Lipinski definition) is 1. The van der Waals surface area contributed by atoms with Gasteiger partial charge in [0.25, 0.3) is 5.92 Å². The average molecular weight is 269 g/mol. The van der Waals surface area contributed by atoms with Crippen LogP contribution in [-0.2, 0) is 6.54 Å². The molecule has 4 heteroatoms. The molecule has 1 aromatic rings. The molecule has 0 spiro atoms. The SMILES string of the molecule is CC(C)c1c(O)cccc1CN1CCC(F)(F)CC1. The molecule has 0 aliphatic carbocycles. The van der Waals surface area contributed by atoms with Crippen molar-refractivity contribution in [2.45, 2.75) is 45.1 Å². The largest absolute Gasteiger partial charge is 0.508 e. The zero-order valence-electron chi connectivity index (χ0n) is 11.5. The van der Waals surface area contributed by atoms with E-state index < -0.39 is 5.92 Å². The molecule has 1 saturated heterocycles. The van der Waals surface area contributed by atoms with Crippen molar-refractivity contribution in [1.29, 1.82) is 0 Å². The van der Waals surface area contributed by atoms with E-state index >= 15 is 0 Å². The van der Waals surface area contributed by atoms with E-state index in [1.807, 2.05) is 30.9 Å². The lowest BCUT2D eigenvalue weighted by Gasteiger charge is -2.32. The number of alkyl halides is 2. The lowest BCUT2D eigenvalue weighted by atomic mass is 9.95. The quantitative estimate of drug-likeness (QED) is 0.903. The summed E-state index contributed by atoms with van der Waals surface area (Å²) >= 11 is 0. The van der Waals surface area contributed by atoms with Crippen LogP contribution in [0.2, 0.25) is 0 Å². The second-order valence-corrected chi connectivity index (χ2v) is 5.64. The number of likely N-dealkylation sites (tertiary alicyclic amines) is 1. The summed E-state index contributed by atoms with van der Waals surface area (Å²) in [5, 5.41) is 9.94. The van der Waals surface area contributed by atoms with Gasteiger partial charge in [0.1, 0.15) is 5.75 Å². The lowest BCUT2D eigenvalue weighted by Crippen LogP contribution is -2.39. The van der Waals surface area contributed by atoms with Crippen molar-refractivity contribution in [3.8, 4) is 5.75 Å². The predicted molar refractivity (Wildman–Crippen MR) is 71.7 cm³/mol. The second-order valence-electron chi connectivity index (χ2n) is 5.64. The van der Waals surface area contributed by atoms with E-state index in [1.165, 1.54) is 0 Å². The average Bonchev–Trinajstić information content (AvgIpc) is 2.31. The van der Waals surface area contributed by atoms with Gasteiger partial charge < -0.3 is 5.11 Å². The Morgan fingerprint density at radius 1 is 1.26 bits per heavy atom. The van der Waals surface area contributed by atoms with Crippen molar-refractivity contribution >= 4 is 0 Å². The lowest BCUT2D eigenvalue weighted by molar-refractivity contribution is -0.0567. The van der Waals surface area contributed by atoms with Crippen molar-refractivity contribution in [2.75, 3.05) is 13.1 Å². The number of nitrogens with zero attached hydrogens (tertiary/aromatic N) is 1. The van der Waals surface area contributed by atoms with Crippen LogP contribution in [0.5, 0.6) is 5.75 Å². The van der Waals surface area contributed by atoms with Gasteiger partial charge in [-0.1, -0.05) is 26.0 Å². The second kappa shape index (κ2) is 5.45. The van der Waals surface area contributed by atoms with Crippen molar-refractivity contribution in [3.05, 3.63) is 29.3 Å². The smallest absolute Gasteiger partial charge is 0.250 e. The third kappa shape index (κ3) is 3.44. The van der Waals surface area contributed by atoms with E-state index in [0.717, 1.165) is 11.1 Å². The molecular weight excluding hydrogens is 248 g/mol. The normalized spacial score (nSPS) is 19.8. The summed E-state index contributed by atoms with van der Waals surface area (Å²) in [4.78, 5) is 2.04. The molecule has 1 heterocycles. The van der Waals surface area contributed by atoms with E-state index in [2.05, 4.69) is 0 Å². The van der Waals surface area contributed by atoms with Gasteiger partial charge in [-0.2, -0.15) is 0 Å². The van der Waals surface area contributed by atoms with Gasteiger partial charge in [0.15, 0.2) is 0 Å². The molecule has 0 saturated carbocycles. The van der Waals surface area contributed by atoms with Gasteiger partial charge in [-0.05, 0) is 17.5 Å². The Bertz CT molecular complexity index is 436. The van der Waals surface area contributed by atoms with Crippen LogP contribution in [0.15, 0.2) is 18.2 Å². The molecule has 0 atom stereocenters. The Kier molecular flexibility index (Phi) is 4.09. The Morgan fingerprint density at radius 3 is 2.47 bits per heavy atom. The van der Waals surface area contributed by atoms with Gasteiger partial charge >= 0.3 is 0 Å². The molecule has 0 bridgehead atoms. The molecule has 1 aliphatic heterocycles. The fraction of sp³-hybridized carbons (Fsp3) is 0.600. The van der Waals surface area contributed by atoms with Crippen LogP contribution in [0.3, 0.4) is 0 Å². The summed E-state index contributed by atoms with van der Waals surface area (Å²) in [6, 6.07) is 5.47. The molecule has 0 radical (unpaired) electrons. The van der Waals surface area contributed by atoms with Gasteiger partial charge in [0.2, 0.25) is 0 Å². The summed E-state index contributed by atoms with van der Waals surface area (Å²) in [5.74, 6) is -1.98. The third-order valence-electron chi connectivity index (χ3n) is 3.73. The third-order valence-corrected chi connectivity index (χ3v) is 3.73. The van der Waals surface area contributed by atoms with Crippen LogP contribution in [0, 0.1) is 0 Å². The number of piperidine rings is 1. The molecule has 0 unspecified atom stereocenters. The minimum Gasteiger partial charge on any atom is -0.508 e. The van der Waals surface area contributed by atoms with E-state index in [0.29, 0.717) is 25.4 Å². The minimum atomic E-state index is -2.50. The van der Waals surface area contributed by atoms with Crippen molar-refractivity contribution in [3.63, 3.8) is 0 Å². The minimum absolute atomic E-state index is 0.0666. The molecule has 0 amide bonds. The molecule has 1 aliphatic rings. The number of phenols is 1. The van der Waals surface area contributed by atoms with E-state index in [9.17, 15) is 13.9 Å². The zero-order chi connectivity index (χ0) is 14.0. The first-order chi connectivity index (χ1) is 8.89. The highest BCUT2D eigenvalue weighted by molar-refractivity contribution is 5.41. The Morgan fingerprint density at radius 2 is 1.89 bits per heavy atom. The number of rotatable bonds is 3. The van der Waals surface area contributed by atoms with Gasteiger partial charge in [-0.3, -0.25) is 4.90 Å². The molecule has 19 heavy (non-hydrogen) atoms. The van der Waals surface area contributed by atoms with Crippen molar-refractivity contribution in [2.24, 2.45) is 0 Å². The maximum Gasteiger partial charge on any atom is 0.250 e. The summed E-state index contributed by atoms with van der Waals surface area (Å²) in [6.07, 6.45) is -0.133. The van der Waals surface area contributed by atoms with Gasteiger partial charge in [0.05, 0.1) is 0 Å². The first-order valence-corrected chi connectivity index (χ1v) is 6.80. The molecule has 0 aromatic heterocycles. The first-order valence-electron chi connectivity index (χ1n) is 6.80. The summed E-state index contributed by atoms with van der Waals surface area (Å²) in [5.41, 5.74) is 1.97. The monoisotopic (exact) mass is 269 g/mol. The fourth-order valence-electron chi connectivity index (χ4n) is 2.68. The van der Waals surface area contributed by atoms with Crippen LogP contribution >= 0.6 is 0 Å². The molecule has 106 valence electrons. The maximum atomic E-state index is 13.1. The molecule has 2 rings (SSSR count). The van der Waals surface area contributed by atoms with Crippen molar-refractivity contribution in [1.82, 2.24) is 4.90 Å². The standard InChI is InChI=1S/C15H21F2NO/c1-11(2)14-12(4-3-5-13(14)19)10-18-8-6-15(16,17)7-9-18/h3-5,11,19H,6-10H2,1-2H3. The van der Waals surface area contributed by atoms with Gasteiger partial charge in [-0.25, -0.2) is 8.78 Å². The predicted octanol–water partition coefficient (Wildman–Crippen LogP) is 3.75. The highest BCUT2D eigenvalue weighted by atomic mass is 19.3. The molecule has 1 aromatic carbocycles. The maximum absolute atomic E-state index is 13.1. The fourth-order valence-corrected chi connectivity index (χ4v) is 2.68. The van der Waals surface area contributed by atoms with E-state index in [-0.39, 0.29) is 18.8 Å². The summed E-state index contributed by atoms with van der Waals surface area (Å²) < 4.78 is 26.2. The number of aromatic hydroxyl groups is 1. The molecular formula is C15H21F2NO. The zero-order valence-corrected chi connectivity index (χ0v) is 11.5. The van der Waals surface area contributed by atoms with Gasteiger partial charge in [0, 0.05) is 38.0 Å². The molecule has 2 nitrogen and oxygen atoms in total. The van der Waals surface area contributed by atoms with E-state index in [4.69, 9.17) is 0 Å². The Labute approximate surface area is 113 Å². The molecule has 1 N–H and O–H groups in total. The van der Waals surface area contributed by atoms with Crippen LogP contribution in [0.4, 0.5) is 8.78 Å². The summed E-state index contributed by atoms with van der Waals surface area (Å²) in [6.45, 7) is 5.53. The summed E-state index contributed by atoms with van der Waals surface area (Å²) in [7, 11) is 0. The number of phenolic OH excluding ortho intramolecular Hbond substituents is 1. The van der Waals surface area contributed by atoms with Crippen molar-refractivity contribution < 1.29 is 13.9 Å². The first kappa shape index (κ1) is 14.3. The highest BCUT2D eigenvalue weighted by Crippen LogP contribution is 2.32. The Hall–Kier alpha value is -1.16.